The van der Waals surface area contributed by atoms with E-state index in [1.54, 1.807) is 0 Å². The maximum Gasteiger partial charge on any atom is 0.251 e. The smallest absolute Gasteiger partial charge is 0.251 e. The van der Waals surface area contributed by atoms with E-state index in [0.717, 1.165) is 37.1 Å². The van der Waals surface area contributed by atoms with Gasteiger partial charge in [-0.15, -0.1) is 0 Å². The first kappa shape index (κ1) is 25.0. The van der Waals surface area contributed by atoms with Crippen molar-refractivity contribution < 1.29 is 9.36 Å². The molecule has 3 aromatic carbocycles. The molecule has 0 aliphatic carbocycles. The van der Waals surface area contributed by atoms with Gasteiger partial charge < -0.3 is 15.2 Å². The van der Waals surface area contributed by atoms with Crippen LogP contribution >= 0.6 is 0 Å². The average Bonchev–Trinajstić information content (AvgIpc) is 3.30. The van der Waals surface area contributed by atoms with Crippen LogP contribution in [0.3, 0.4) is 0 Å². The normalized spacial score (nSPS) is 11.7. The van der Waals surface area contributed by atoms with E-state index >= 15 is 0 Å². The predicted octanol–water partition coefficient (Wildman–Crippen LogP) is 6.04. The Morgan fingerprint density at radius 1 is 0.865 bits per heavy atom. The monoisotopic (exact) mass is 493 g/mol. The van der Waals surface area contributed by atoms with Crippen molar-refractivity contribution in [2.24, 2.45) is 7.05 Å². The highest BCUT2D eigenvalue weighted by atomic mass is 16.1. The van der Waals surface area contributed by atoms with E-state index in [4.69, 9.17) is 0 Å². The predicted molar refractivity (Wildman–Crippen MR) is 154 cm³/mol. The highest BCUT2D eigenvalue weighted by Gasteiger charge is 2.25. The number of aryl methyl sites for hydroxylation is 3. The first-order chi connectivity index (χ1) is 17.9. The number of rotatable bonds is 8. The van der Waals surface area contributed by atoms with Gasteiger partial charge in [0.05, 0.1) is 16.3 Å². The number of benzene rings is 3. The molecule has 0 atom stereocenters. The van der Waals surface area contributed by atoms with Crippen molar-refractivity contribution in [3.05, 3.63) is 77.4 Å². The molecule has 5 rings (SSSR count). The summed E-state index contributed by atoms with van der Waals surface area (Å²) in [5, 5.41) is 5.51. The third-order valence-corrected chi connectivity index (χ3v) is 7.71. The van der Waals surface area contributed by atoms with Crippen LogP contribution in [0.4, 0.5) is 0 Å². The van der Waals surface area contributed by atoms with Gasteiger partial charge in [0, 0.05) is 23.2 Å². The SMILES string of the molecule is CCN(CC)CCCNC(=O)c1ccc(-c2c3cccc(C)c3[n+](C)c3c2[nH]c2c(C)cccc23)cc1. The number of aromatic nitrogens is 2. The molecule has 0 radical (unpaired) electrons. The number of nitrogens with one attached hydrogen (secondary N) is 2. The number of hydrogen-bond acceptors (Lipinski definition) is 2. The number of carbonyl (C=O) groups excluding carboxylic acids is 1. The van der Waals surface area contributed by atoms with Gasteiger partial charge in [-0.3, -0.25) is 4.79 Å². The van der Waals surface area contributed by atoms with Gasteiger partial charge in [0.2, 0.25) is 11.0 Å². The molecule has 1 amide bonds. The molecule has 0 aliphatic heterocycles. The number of amides is 1. The topological polar surface area (TPSA) is 52.0 Å². The third kappa shape index (κ3) is 4.49. The number of aromatic amines is 1. The largest absolute Gasteiger partial charge is 0.352 e. The minimum absolute atomic E-state index is 0.0161. The van der Waals surface area contributed by atoms with E-state index in [9.17, 15) is 4.79 Å². The van der Waals surface area contributed by atoms with Gasteiger partial charge in [-0.1, -0.05) is 50.2 Å². The fraction of sp³-hybridized carbons (Fsp3) is 0.312. The summed E-state index contributed by atoms with van der Waals surface area (Å²) in [5.41, 5.74) is 10.2. The molecular formula is C32H37N4O+. The Morgan fingerprint density at radius 3 is 2.24 bits per heavy atom. The van der Waals surface area contributed by atoms with Crippen LogP contribution in [0.15, 0.2) is 60.7 Å². The van der Waals surface area contributed by atoms with Crippen molar-refractivity contribution in [2.45, 2.75) is 34.1 Å². The standard InChI is InChI=1S/C32H36N4O/c1-6-36(7-2)20-10-19-33-32(37)24-17-15-23(16-18-24)27-25-13-9-12-22(4)30(25)35(5)31-26-14-8-11-21(3)28(26)34-29(27)31/h8-9,11-18H,6-7,10,19-20H2,1-5H3,(H,33,37)/p+1. The highest BCUT2D eigenvalue weighted by molar-refractivity contribution is 6.15. The molecular weight excluding hydrogens is 456 g/mol. The number of hydrogen-bond donors (Lipinski definition) is 2. The van der Waals surface area contributed by atoms with Crippen molar-refractivity contribution >= 4 is 38.7 Å². The summed E-state index contributed by atoms with van der Waals surface area (Å²) in [6.07, 6.45) is 0.954. The zero-order valence-electron chi connectivity index (χ0n) is 22.6. The van der Waals surface area contributed by atoms with E-state index in [0.29, 0.717) is 12.1 Å². The minimum atomic E-state index is -0.0161. The molecule has 0 aliphatic rings. The summed E-state index contributed by atoms with van der Waals surface area (Å²) in [6, 6.07) is 21.0. The van der Waals surface area contributed by atoms with Crippen molar-refractivity contribution in [3.8, 4) is 11.1 Å². The maximum atomic E-state index is 12.8. The second-order valence-corrected chi connectivity index (χ2v) is 9.96. The van der Waals surface area contributed by atoms with Crippen molar-refractivity contribution in [1.82, 2.24) is 15.2 Å². The van der Waals surface area contributed by atoms with Gasteiger partial charge >= 0.3 is 0 Å². The summed E-state index contributed by atoms with van der Waals surface area (Å²) >= 11 is 0. The maximum absolute atomic E-state index is 12.8. The number of H-pyrrole nitrogens is 1. The van der Waals surface area contributed by atoms with Crippen LogP contribution in [-0.4, -0.2) is 42.0 Å². The molecule has 0 fully saturated rings. The molecule has 37 heavy (non-hydrogen) atoms. The number of para-hydroxylation sites is 2. The van der Waals surface area contributed by atoms with Crippen molar-refractivity contribution in [1.29, 1.82) is 0 Å². The molecule has 2 aromatic heterocycles. The summed E-state index contributed by atoms with van der Waals surface area (Å²) in [7, 11) is 2.16. The van der Waals surface area contributed by atoms with Gasteiger partial charge in [0.25, 0.3) is 5.91 Å². The highest BCUT2D eigenvalue weighted by Crippen LogP contribution is 2.37. The van der Waals surface area contributed by atoms with Gasteiger partial charge in [0.15, 0.2) is 0 Å². The lowest BCUT2D eigenvalue weighted by Gasteiger charge is -2.17. The van der Waals surface area contributed by atoms with Crippen LogP contribution < -0.4 is 9.88 Å². The van der Waals surface area contributed by atoms with Gasteiger partial charge in [-0.05, 0) is 75.3 Å². The Balaban J connectivity index is 1.54. The van der Waals surface area contributed by atoms with Gasteiger partial charge in [0.1, 0.15) is 12.6 Å². The van der Waals surface area contributed by atoms with Crippen LogP contribution in [0.2, 0.25) is 0 Å². The third-order valence-electron chi connectivity index (χ3n) is 7.71. The number of pyridine rings is 1. The zero-order chi connectivity index (χ0) is 26.1. The summed E-state index contributed by atoms with van der Waals surface area (Å²) in [6.45, 7) is 12.4. The number of fused-ring (bicyclic) bond motifs is 4. The van der Waals surface area contributed by atoms with E-state index in [2.05, 4.69) is 103 Å². The molecule has 5 nitrogen and oxygen atoms in total. The number of nitrogens with zero attached hydrogens (tertiary/aromatic N) is 2. The molecule has 2 N–H and O–H groups in total. The zero-order valence-corrected chi connectivity index (χ0v) is 22.6. The summed E-state index contributed by atoms with van der Waals surface area (Å²) < 4.78 is 2.32. The van der Waals surface area contributed by atoms with Crippen molar-refractivity contribution in [3.63, 3.8) is 0 Å². The molecule has 190 valence electrons. The molecule has 0 saturated carbocycles. The average molecular weight is 494 g/mol. The lowest BCUT2D eigenvalue weighted by Crippen LogP contribution is -2.31. The molecule has 5 heteroatoms. The van der Waals surface area contributed by atoms with E-state index in [-0.39, 0.29) is 5.91 Å². The summed E-state index contributed by atoms with van der Waals surface area (Å²) in [5.74, 6) is -0.0161. The Bertz CT molecular complexity index is 1590. The van der Waals surface area contributed by atoms with Crippen molar-refractivity contribution in [2.75, 3.05) is 26.2 Å². The Hall–Kier alpha value is -3.70. The first-order valence-electron chi connectivity index (χ1n) is 13.4. The second-order valence-electron chi connectivity index (χ2n) is 9.96. The van der Waals surface area contributed by atoms with Crippen LogP contribution in [0.25, 0.3) is 44.0 Å². The van der Waals surface area contributed by atoms with E-state index in [1.165, 1.54) is 44.0 Å². The van der Waals surface area contributed by atoms with Crippen LogP contribution in [-0.2, 0) is 7.05 Å². The van der Waals surface area contributed by atoms with E-state index < -0.39 is 0 Å². The lowest BCUT2D eigenvalue weighted by atomic mass is 9.96. The molecule has 2 heterocycles. The molecule has 0 saturated heterocycles. The fourth-order valence-electron chi connectivity index (χ4n) is 5.67. The molecule has 0 bridgehead atoms. The second kappa shape index (κ2) is 10.3. The first-order valence-corrected chi connectivity index (χ1v) is 13.4. The van der Waals surface area contributed by atoms with Crippen LogP contribution in [0.5, 0.6) is 0 Å². The molecule has 0 unspecified atom stereocenters. The fourth-order valence-corrected chi connectivity index (χ4v) is 5.67. The Labute approximate surface area is 219 Å². The van der Waals surface area contributed by atoms with Gasteiger partial charge in [-0.25, -0.2) is 0 Å². The Morgan fingerprint density at radius 2 is 1.54 bits per heavy atom. The lowest BCUT2D eigenvalue weighted by molar-refractivity contribution is -0.617. The quantitative estimate of drug-likeness (QED) is 0.204. The minimum Gasteiger partial charge on any atom is -0.352 e. The molecule has 5 aromatic rings. The van der Waals surface area contributed by atoms with E-state index in [1.807, 2.05) is 12.1 Å². The summed E-state index contributed by atoms with van der Waals surface area (Å²) in [4.78, 5) is 18.9. The number of carbonyl (C=O) groups is 1. The van der Waals surface area contributed by atoms with Crippen LogP contribution in [0, 0.1) is 13.8 Å². The van der Waals surface area contributed by atoms with Crippen LogP contribution in [0.1, 0.15) is 41.8 Å². The molecule has 0 spiro atoms. The Kier molecular flexibility index (Phi) is 6.98. The van der Waals surface area contributed by atoms with Gasteiger partial charge in [-0.2, -0.15) is 4.57 Å².